The van der Waals surface area contributed by atoms with Crippen LogP contribution in [0.15, 0.2) is 36.9 Å². The number of aromatic nitrogens is 5. The molecular weight excluding hydrogens is 354 g/mol. The third-order valence-electron chi connectivity index (χ3n) is 4.92. The molecule has 1 aliphatic carbocycles. The second-order valence-electron chi connectivity index (χ2n) is 7.11. The van der Waals surface area contributed by atoms with E-state index >= 15 is 0 Å². The summed E-state index contributed by atoms with van der Waals surface area (Å²) in [5.74, 6) is 2.99. The zero-order valence-corrected chi connectivity index (χ0v) is 16.3. The molecule has 1 saturated carbocycles. The second-order valence-corrected chi connectivity index (χ2v) is 7.11. The average molecular weight is 379 g/mol. The summed E-state index contributed by atoms with van der Waals surface area (Å²) in [5.41, 5.74) is 3.40. The van der Waals surface area contributed by atoms with Crippen molar-refractivity contribution in [3.8, 4) is 22.8 Å². The molecule has 0 N–H and O–H groups in total. The fourth-order valence-corrected chi connectivity index (χ4v) is 3.18. The standard InChI is InChI=1S/C15H18N4O.C6H7NO/c1-10-16-7-13(15(18-10)20-9-11-4-5-11)12-8-17-19-6-2-3-14(12)19;1-8-6-3-2-4-7-5-6/h7-8,11H,2-6,9H2,1H3;2-5H,1H3. The molecule has 7 heteroatoms. The molecule has 2 aliphatic rings. The van der Waals surface area contributed by atoms with Crippen molar-refractivity contribution in [2.45, 2.75) is 39.2 Å². The first-order chi connectivity index (χ1) is 13.7. The fraction of sp³-hybridized carbons (Fsp3) is 0.429. The zero-order chi connectivity index (χ0) is 19.3. The number of nitrogens with zero attached hydrogens (tertiary/aromatic N) is 5. The lowest BCUT2D eigenvalue weighted by Crippen LogP contribution is -2.04. The molecule has 0 saturated heterocycles. The highest BCUT2D eigenvalue weighted by molar-refractivity contribution is 5.69. The molecule has 0 amide bonds. The lowest BCUT2D eigenvalue weighted by molar-refractivity contribution is 0.288. The van der Waals surface area contributed by atoms with Crippen LogP contribution in [0.3, 0.4) is 0 Å². The third kappa shape index (κ3) is 4.30. The summed E-state index contributed by atoms with van der Waals surface area (Å²) >= 11 is 0. The van der Waals surface area contributed by atoms with Gasteiger partial charge in [0.15, 0.2) is 0 Å². The zero-order valence-electron chi connectivity index (χ0n) is 16.3. The van der Waals surface area contributed by atoms with Gasteiger partial charge in [-0.1, -0.05) is 0 Å². The van der Waals surface area contributed by atoms with Crippen molar-refractivity contribution < 1.29 is 9.47 Å². The van der Waals surface area contributed by atoms with E-state index < -0.39 is 0 Å². The van der Waals surface area contributed by atoms with Gasteiger partial charge in [0.25, 0.3) is 0 Å². The van der Waals surface area contributed by atoms with E-state index in [1.807, 2.05) is 31.5 Å². The Kier molecular flexibility index (Phi) is 5.50. The average Bonchev–Trinajstić information content (AvgIpc) is 3.30. The molecule has 0 radical (unpaired) electrons. The van der Waals surface area contributed by atoms with Crippen LogP contribution in [0.1, 0.15) is 30.8 Å². The Hall–Kier alpha value is -2.96. The first kappa shape index (κ1) is 18.4. The van der Waals surface area contributed by atoms with Crippen molar-refractivity contribution in [2.24, 2.45) is 5.92 Å². The summed E-state index contributed by atoms with van der Waals surface area (Å²) in [4.78, 5) is 12.7. The summed E-state index contributed by atoms with van der Waals surface area (Å²) < 4.78 is 12.9. The minimum Gasteiger partial charge on any atom is -0.495 e. The van der Waals surface area contributed by atoms with Crippen LogP contribution in [-0.4, -0.2) is 38.4 Å². The molecule has 0 unspecified atom stereocenters. The molecule has 3 aromatic heterocycles. The number of ether oxygens (including phenoxy) is 2. The maximum Gasteiger partial charge on any atom is 0.224 e. The van der Waals surface area contributed by atoms with Crippen LogP contribution in [-0.2, 0) is 13.0 Å². The molecule has 0 spiro atoms. The number of pyridine rings is 1. The van der Waals surface area contributed by atoms with Crippen LogP contribution in [0, 0.1) is 12.8 Å². The number of rotatable bonds is 5. The molecule has 3 aromatic rings. The molecule has 1 fully saturated rings. The highest BCUT2D eigenvalue weighted by atomic mass is 16.5. The third-order valence-corrected chi connectivity index (χ3v) is 4.92. The Morgan fingerprint density at radius 3 is 2.79 bits per heavy atom. The van der Waals surface area contributed by atoms with E-state index in [0.29, 0.717) is 5.88 Å². The van der Waals surface area contributed by atoms with Crippen LogP contribution in [0.25, 0.3) is 11.1 Å². The summed E-state index contributed by atoms with van der Waals surface area (Å²) in [5, 5.41) is 4.45. The molecule has 28 heavy (non-hydrogen) atoms. The van der Waals surface area contributed by atoms with Gasteiger partial charge in [0.1, 0.15) is 11.6 Å². The van der Waals surface area contributed by atoms with E-state index in [0.717, 1.165) is 48.2 Å². The summed E-state index contributed by atoms with van der Waals surface area (Å²) in [6, 6.07) is 3.69. The number of methoxy groups -OCH3 is 1. The summed E-state index contributed by atoms with van der Waals surface area (Å²) in [6.45, 7) is 3.68. The van der Waals surface area contributed by atoms with Crippen LogP contribution in [0.2, 0.25) is 0 Å². The maximum atomic E-state index is 5.94. The highest BCUT2D eigenvalue weighted by Crippen LogP contribution is 2.35. The lowest BCUT2D eigenvalue weighted by Gasteiger charge is -2.10. The number of hydrogen-bond donors (Lipinski definition) is 0. The minimum atomic E-state index is 0.715. The van der Waals surface area contributed by atoms with Crippen LogP contribution in [0.5, 0.6) is 11.6 Å². The Labute approximate surface area is 164 Å². The molecule has 1 aliphatic heterocycles. The Morgan fingerprint density at radius 1 is 1.18 bits per heavy atom. The first-order valence-corrected chi connectivity index (χ1v) is 9.70. The molecular formula is C21H25N5O2. The highest BCUT2D eigenvalue weighted by Gasteiger charge is 2.25. The molecule has 0 atom stereocenters. The Morgan fingerprint density at radius 2 is 2.07 bits per heavy atom. The molecule has 4 heterocycles. The van der Waals surface area contributed by atoms with E-state index in [1.165, 1.54) is 25.0 Å². The number of hydrogen-bond acceptors (Lipinski definition) is 6. The topological polar surface area (TPSA) is 75.0 Å². The minimum absolute atomic E-state index is 0.715. The van der Waals surface area contributed by atoms with Gasteiger partial charge in [-0.25, -0.2) is 4.98 Å². The summed E-state index contributed by atoms with van der Waals surface area (Å²) in [7, 11) is 1.62. The van der Waals surface area contributed by atoms with Crippen LogP contribution in [0.4, 0.5) is 0 Å². The van der Waals surface area contributed by atoms with Gasteiger partial charge in [0.05, 0.1) is 31.7 Å². The van der Waals surface area contributed by atoms with Gasteiger partial charge in [0.2, 0.25) is 5.88 Å². The monoisotopic (exact) mass is 379 g/mol. The normalized spacial score (nSPS) is 14.8. The van der Waals surface area contributed by atoms with Gasteiger partial charge >= 0.3 is 0 Å². The maximum absolute atomic E-state index is 5.94. The van der Waals surface area contributed by atoms with Gasteiger partial charge in [0, 0.05) is 30.2 Å². The number of aryl methyl sites for hydroxylation is 2. The van der Waals surface area contributed by atoms with Crippen molar-refractivity contribution in [3.63, 3.8) is 0 Å². The predicted octanol–water partition coefficient (Wildman–Crippen LogP) is 3.47. The second kappa shape index (κ2) is 8.37. The van der Waals surface area contributed by atoms with Gasteiger partial charge in [-0.05, 0) is 50.7 Å². The van der Waals surface area contributed by atoms with E-state index in [2.05, 4.69) is 24.7 Å². The van der Waals surface area contributed by atoms with Gasteiger partial charge in [-0.3, -0.25) is 9.67 Å². The Bertz CT molecular complexity index is 922. The van der Waals surface area contributed by atoms with E-state index in [9.17, 15) is 0 Å². The quantitative estimate of drug-likeness (QED) is 0.676. The van der Waals surface area contributed by atoms with E-state index in [-0.39, 0.29) is 0 Å². The molecule has 0 bridgehead atoms. The Balaban J connectivity index is 0.000000203. The largest absolute Gasteiger partial charge is 0.495 e. The van der Waals surface area contributed by atoms with Crippen LogP contribution < -0.4 is 9.47 Å². The molecule has 7 nitrogen and oxygen atoms in total. The van der Waals surface area contributed by atoms with Gasteiger partial charge in [-0.15, -0.1) is 0 Å². The van der Waals surface area contributed by atoms with Crippen molar-refractivity contribution in [1.29, 1.82) is 0 Å². The van der Waals surface area contributed by atoms with E-state index in [4.69, 9.17) is 9.47 Å². The molecule has 5 rings (SSSR count). The summed E-state index contributed by atoms with van der Waals surface area (Å²) in [6.07, 6.45) is 12.0. The van der Waals surface area contributed by atoms with Gasteiger partial charge in [-0.2, -0.15) is 10.1 Å². The van der Waals surface area contributed by atoms with Crippen molar-refractivity contribution in [3.05, 3.63) is 48.4 Å². The van der Waals surface area contributed by atoms with Crippen molar-refractivity contribution in [2.75, 3.05) is 13.7 Å². The first-order valence-electron chi connectivity index (χ1n) is 9.70. The number of fused-ring (bicyclic) bond motifs is 1. The van der Waals surface area contributed by atoms with Crippen LogP contribution >= 0.6 is 0 Å². The fourth-order valence-electron chi connectivity index (χ4n) is 3.18. The van der Waals surface area contributed by atoms with E-state index in [1.54, 1.807) is 19.5 Å². The van der Waals surface area contributed by atoms with Gasteiger partial charge < -0.3 is 9.47 Å². The molecule has 146 valence electrons. The van der Waals surface area contributed by atoms with Crippen molar-refractivity contribution in [1.82, 2.24) is 24.7 Å². The van der Waals surface area contributed by atoms with Crippen molar-refractivity contribution >= 4 is 0 Å². The smallest absolute Gasteiger partial charge is 0.224 e. The lowest BCUT2D eigenvalue weighted by atomic mass is 10.1. The molecule has 0 aromatic carbocycles. The SMILES string of the molecule is COc1cccnc1.Cc1ncc(-c2cnn3c2CCC3)c(OCC2CC2)n1. The predicted molar refractivity (Wildman–Crippen MR) is 105 cm³/mol.